The Kier molecular flexibility index (Phi) is 5.04. The lowest BCUT2D eigenvalue weighted by molar-refractivity contribution is -0.0532. The van der Waals surface area contributed by atoms with Gasteiger partial charge in [-0.1, -0.05) is 39.3 Å². The molecule has 0 aromatic carbocycles. The van der Waals surface area contributed by atoms with Crippen LogP contribution in [0.25, 0.3) is 0 Å². The molecule has 29 heavy (non-hydrogen) atoms. The molecule has 0 amide bonds. The number of aliphatic imine (C=N–C) groups is 1. The summed E-state index contributed by atoms with van der Waals surface area (Å²) in [5.41, 5.74) is 4.05. The molecule has 0 aromatic rings. The Labute approximate surface area is 178 Å². The quantitative estimate of drug-likeness (QED) is 0.535. The predicted octanol–water partition coefficient (Wildman–Crippen LogP) is 6.43. The number of allylic oxidation sites excluding steroid dienone is 1. The van der Waals surface area contributed by atoms with E-state index in [9.17, 15) is 5.11 Å². The zero-order valence-electron chi connectivity index (χ0n) is 19.3. The highest BCUT2D eigenvalue weighted by atomic mass is 16.3. The summed E-state index contributed by atoms with van der Waals surface area (Å²) in [7, 11) is 0. The van der Waals surface area contributed by atoms with Crippen LogP contribution in [0.3, 0.4) is 0 Å². The standard InChI is InChI=1S/C27H43NO/c1-17-5-10-25(28-16-17)18(2)22-8-9-23-21-7-6-19-15-20(29)11-13-26(19,3)24(21)12-14-27(22,23)4/h6,17-18,20-24,29H,5,7-16H2,1-4H3/t17-,18+,20-,21-,22+,23-,24-,26-,27-/m0/s1. The number of hydrogen-bond acceptors (Lipinski definition) is 2. The predicted molar refractivity (Wildman–Crippen MR) is 121 cm³/mol. The van der Waals surface area contributed by atoms with Gasteiger partial charge in [0.25, 0.3) is 0 Å². The lowest BCUT2D eigenvalue weighted by atomic mass is 9.47. The van der Waals surface area contributed by atoms with Crippen LogP contribution in [-0.2, 0) is 0 Å². The van der Waals surface area contributed by atoms with Crippen molar-refractivity contribution in [3.63, 3.8) is 0 Å². The molecule has 0 bridgehead atoms. The molecule has 162 valence electrons. The maximum atomic E-state index is 10.2. The largest absolute Gasteiger partial charge is 0.393 e. The highest BCUT2D eigenvalue weighted by Crippen LogP contribution is 2.67. The van der Waals surface area contributed by atoms with Crippen LogP contribution in [-0.4, -0.2) is 23.5 Å². The first-order valence-corrected chi connectivity index (χ1v) is 12.7. The Bertz CT molecular complexity index is 709. The fraction of sp³-hybridized carbons (Fsp3) is 0.889. The van der Waals surface area contributed by atoms with Crippen LogP contribution in [0.5, 0.6) is 0 Å². The third-order valence-electron chi connectivity index (χ3n) is 10.8. The van der Waals surface area contributed by atoms with Gasteiger partial charge in [-0.15, -0.1) is 0 Å². The second-order valence-corrected chi connectivity index (χ2v) is 12.1. The maximum Gasteiger partial charge on any atom is 0.0577 e. The summed E-state index contributed by atoms with van der Waals surface area (Å²) in [6.45, 7) is 11.2. The topological polar surface area (TPSA) is 32.6 Å². The second kappa shape index (κ2) is 7.21. The molecular formula is C27H43NO. The highest BCUT2D eigenvalue weighted by Gasteiger charge is 2.59. The average Bonchev–Trinajstić information content (AvgIpc) is 3.06. The van der Waals surface area contributed by atoms with Crippen LogP contribution in [0.15, 0.2) is 16.6 Å². The molecular weight excluding hydrogens is 354 g/mol. The van der Waals surface area contributed by atoms with Crippen molar-refractivity contribution in [1.82, 2.24) is 0 Å². The van der Waals surface area contributed by atoms with Crippen LogP contribution in [0.2, 0.25) is 0 Å². The maximum absolute atomic E-state index is 10.2. The first-order chi connectivity index (χ1) is 13.8. The molecule has 0 radical (unpaired) electrons. The van der Waals surface area contributed by atoms with E-state index in [1.165, 1.54) is 51.4 Å². The number of nitrogens with zero attached hydrogens (tertiary/aromatic N) is 1. The molecule has 5 aliphatic rings. The molecule has 0 spiro atoms. The smallest absolute Gasteiger partial charge is 0.0577 e. The molecule has 2 heteroatoms. The van der Waals surface area contributed by atoms with Crippen molar-refractivity contribution in [2.24, 2.45) is 51.3 Å². The molecule has 9 atom stereocenters. The molecule has 3 saturated carbocycles. The van der Waals surface area contributed by atoms with Gasteiger partial charge >= 0.3 is 0 Å². The van der Waals surface area contributed by atoms with Crippen LogP contribution in [0.4, 0.5) is 0 Å². The SMILES string of the molecule is C[C@H]1CCC([C@H](C)[C@H]2CC[C@H]3[C@@H]4CC=C5C[C@@H](O)CC[C@]5(C)[C@H]4CC[C@@]23C)=NC1. The van der Waals surface area contributed by atoms with Gasteiger partial charge in [0.15, 0.2) is 0 Å². The van der Waals surface area contributed by atoms with Gasteiger partial charge in [-0.3, -0.25) is 4.99 Å². The summed E-state index contributed by atoms with van der Waals surface area (Å²) >= 11 is 0. The molecule has 1 heterocycles. The van der Waals surface area contributed by atoms with Crippen molar-refractivity contribution in [3.8, 4) is 0 Å². The number of aliphatic hydroxyl groups excluding tert-OH is 1. The average molecular weight is 398 g/mol. The Morgan fingerprint density at radius 3 is 2.66 bits per heavy atom. The molecule has 3 fully saturated rings. The molecule has 0 aromatic heterocycles. The first kappa shape index (κ1) is 20.3. The van der Waals surface area contributed by atoms with Crippen molar-refractivity contribution < 1.29 is 5.11 Å². The molecule has 0 saturated heterocycles. The molecule has 0 unspecified atom stereocenters. The van der Waals surface area contributed by atoms with Gasteiger partial charge in [0.1, 0.15) is 0 Å². The van der Waals surface area contributed by atoms with E-state index < -0.39 is 0 Å². The van der Waals surface area contributed by atoms with Crippen LogP contribution < -0.4 is 0 Å². The Morgan fingerprint density at radius 2 is 1.90 bits per heavy atom. The summed E-state index contributed by atoms with van der Waals surface area (Å²) in [4.78, 5) is 5.06. The van der Waals surface area contributed by atoms with E-state index in [2.05, 4.69) is 33.8 Å². The Hall–Kier alpha value is -0.630. The van der Waals surface area contributed by atoms with E-state index in [1.807, 2.05) is 0 Å². The number of aliphatic hydroxyl groups is 1. The minimum atomic E-state index is -0.0876. The molecule has 1 N–H and O–H groups in total. The van der Waals surface area contributed by atoms with E-state index in [1.54, 1.807) is 11.3 Å². The Morgan fingerprint density at radius 1 is 1.07 bits per heavy atom. The number of hydrogen-bond donors (Lipinski definition) is 1. The van der Waals surface area contributed by atoms with Gasteiger partial charge in [0.2, 0.25) is 0 Å². The monoisotopic (exact) mass is 397 g/mol. The first-order valence-electron chi connectivity index (χ1n) is 12.7. The van der Waals surface area contributed by atoms with Gasteiger partial charge in [-0.2, -0.15) is 0 Å². The lowest BCUT2D eigenvalue weighted by Gasteiger charge is -2.58. The molecule has 2 nitrogen and oxygen atoms in total. The van der Waals surface area contributed by atoms with Gasteiger partial charge in [-0.25, -0.2) is 0 Å². The van der Waals surface area contributed by atoms with Crippen LogP contribution in [0, 0.1) is 46.3 Å². The van der Waals surface area contributed by atoms with Crippen molar-refractivity contribution >= 4 is 5.71 Å². The molecule has 1 aliphatic heterocycles. The van der Waals surface area contributed by atoms with E-state index >= 15 is 0 Å². The molecule has 4 aliphatic carbocycles. The summed E-state index contributed by atoms with van der Waals surface area (Å²) in [5, 5.41) is 10.2. The minimum Gasteiger partial charge on any atom is -0.393 e. The summed E-state index contributed by atoms with van der Waals surface area (Å²) in [6.07, 6.45) is 15.2. The molecule has 5 rings (SSSR count). The van der Waals surface area contributed by atoms with Gasteiger partial charge in [0, 0.05) is 12.3 Å². The van der Waals surface area contributed by atoms with E-state index in [4.69, 9.17) is 4.99 Å². The van der Waals surface area contributed by atoms with Crippen LogP contribution in [0.1, 0.15) is 91.9 Å². The third-order valence-corrected chi connectivity index (χ3v) is 10.8. The summed E-state index contributed by atoms with van der Waals surface area (Å²) in [6, 6.07) is 0. The minimum absolute atomic E-state index is 0.0876. The van der Waals surface area contributed by atoms with E-state index in [-0.39, 0.29) is 6.10 Å². The fourth-order valence-electron chi connectivity index (χ4n) is 8.95. The third kappa shape index (κ3) is 3.10. The van der Waals surface area contributed by atoms with E-state index in [0.29, 0.717) is 16.7 Å². The van der Waals surface area contributed by atoms with Crippen LogP contribution >= 0.6 is 0 Å². The van der Waals surface area contributed by atoms with Gasteiger partial charge in [-0.05, 0) is 111 Å². The fourth-order valence-corrected chi connectivity index (χ4v) is 8.95. The summed E-state index contributed by atoms with van der Waals surface area (Å²) in [5.74, 6) is 4.94. The van der Waals surface area contributed by atoms with Crippen molar-refractivity contribution in [3.05, 3.63) is 11.6 Å². The Balaban J connectivity index is 1.38. The second-order valence-electron chi connectivity index (χ2n) is 12.1. The van der Waals surface area contributed by atoms with E-state index in [0.717, 1.165) is 49.0 Å². The van der Waals surface area contributed by atoms with Crippen molar-refractivity contribution in [2.75, 3.05) is 6.54 Å². The van der Waals surface area contributed by atoms with Crippen molar-refractivity contribution in [2.45, 2.75) is 98.0 Å². The van der Waals surface area contributed by atoms with Crippen molar-refractivity contribution in [1.29, 1.82) is 0 Å². The number of rotatable bonds is 2. The highest BCUT2D eigenvalue weighted by molar-refractivity contribution is 5.87. The van der Waals surface area contributed by atoms with Gasteiger partial charge in [0.05, 0.1) is 6.10 Å². The number of fused-ring (bicyclic) bond motifs is 5. The van der Waals surface area contributed by atoms with Gasteiger partial charge < -0.3 is 5.11 Å². The summed E-state index contributed by atoms with van der Waals surface area (Å²) < 4.78 is 0. The normalized spacial score (nSPS) is 50.7. The zero-order valence-corrected chi connectivity index (χ0v) is 19.3. The zero-order chi connectivity index (χ0) is 20.4. The lowest BCUT2D eigenvalue weighted by Crippen LogP contribution is -2.51.